The van der Waals surface area contributed by atoms with Gasteiger partial charge in [-0.25, -0.2) is 9.37 Å². The zero-order chi connectivity index (χ0) is 18.7. The van der Waals surface area contributed by atoms with Gasteiger partial charge in [-0.15, -0.1) is 12.4 Å². The number of nitrogens with zero attached hydrogens (tertiary/aromatic N) is 3. The molecule has 0 aliphatic heterocycles. The molecule has 0 aliphatic carbocycles. The fourth-order valence-corrected chi connectivity index (χ4v) is 3.44. The molecule has 0 N–H and O–H groups in total. The number of fused-ring (bicyclic) bond motifs is 1. The summed E-state index contributed by atoms with van der Waals surface area (Å²) in [5, 5.41) is 0.615. The van der Waals surface area contributed by atoms with Crippen molar-refractivity contribution in [3.63, 3.8) is 0 Å². The molecule has 1 heterocycles. The third-order valence-corrected chi connectivity index (χ3v) is 4.98. The molecular formula is C19H21ClFN3O2S. The van der Waals surface area contributed by atoms with Crippen molar-refractivity contribution in [2.75, 3.05) is 39.2 Å². The molecule has 0 spiro atoms. The van der Waals surface area contributed by atoms with Crippen LogP contribution in [0.1, 0.15) is 10.4 Å². The van der Waals surface area contributed by atoms with E-state index in [1.165, 1.54) is 35.6 Å². The van der Waals surface area contributed by atoms with E-state index < -0.39 is 0 Å². The van der Waals surface area contributed by atoms with Crippen LogP contribution in [0.4, 0.5) is 9.52 Å². The van der Waals surface area contributed by atoms with Crippen molar-refractivity contribution in [1.29, 1.82) is 0 Å². The lowest BCUT2D eigenvalue weighted by Crippen LogP contribution is -2.36. The lowest BCUT2D eigenvalue weighted by molar-refractivity contribution is 0.0985. The van der Waals surface area contributed by atoms with Crippen LogP contribution in [0.25, 0.3) is 10.2 Å². The molecule has 8 heteroatoms. The summed E-state index contributed by atoms with van der Waals surface area (Å²) in [6.07, 6.45) is 0. The second kappa shape index (κ2) is 9.12. The van der Waals surface area contributed by atoms with Crippen LogP contribution >= 0.6 is 23.7 Å². The normalized spacial score (nSPS) is 10.7. The fraction of sp³-hybridized carbons (Fsp3) is 0.263. The predicted octanol–water partition coefficient (Wildman–Crippen LogP) is 4.07. The van der Waals surface area contributed by atoms with E-state index in [0.29, 0.717) is 23.8 Å². The van der Waals surface area contributed by atoms with Crippen LogP contribution in [0.5, 0.6) is 5.75 Å². The van der Waals surface area contributed by atoms with Crippen LogP contribution in [0.15, 0.2) is 42.5 Å². The number of hydrogen-bond donors (Lipinski definition) is 0. The lowest BCUT2D eigenvalue weighted by Gasteiger charge is -2.22. The average Bonchev–Trinajstić information content (AvgIpc) is 3.04. The topological polar surface area (TPSA) is 45.7 Å². The van der Waals surface area contributed by atoms with E-state index in [-0.39, 0.29) is 24.1 Å². The first kappa shape index (κ1) is 21.1. The van der Waals surface area contributed by atoms with Crippen molar-refractivity contribution in [3.8, 4) is 5.75 Å². The van der Waals surface area contributed by atoms with Crippen molar-refractivity contribution in [2.24, 2.45) is 0 Å². The number of thiazole rings is 1. The van der Waals surface area contributed by atoms with Crippen LogP contribution in [0.2, 0.25) is 0 Å². The first-order chi connectivity index (χ1) is 12.5. The lowest BCUT2D eigenvalue weighted by atomic mass is 10.2. The average molecular weight is 410 g/mol. The maximum absolute atomic E-state index is 13.2. The smallest absolute Gasteiger partial charge is 0.260 e. The molecule has 1 aromatic heterocycles. The standard InChI is InChI=1S/C19H20FN3O2S.ClH/c1-22(2)10-11-23(18(24)13-4-6-14(20)7-5-13)19-21-16-12-15(25-3)8-9-17(16)26-19;/h4-9,12H,10-11H2,1-3H3;1H. The number of halogens is 2. The summed E-state index contributed by atoms with van der Waals surface area (Å²) in [4.78, 5) is 21.3. The quantitative estimate of drug-likeness (QED) is 0.615. The van der Waals surface area contributed by atoms with Crippen molar-refractivity contribution in [1.82, 2.24) is 9.88 Å². The number of carbonyl (C=O) groups is 1. The van der Waals surface area contributed by atoms with Gasteiger partial charge >= 0.3 is 0 Å². The molecule has 3 aromatic rings. The number of anilines is 1. The highest BCUT2D eigenvalue weighted by Crippen LogP contribution is 2.31. The van der Waals surface area contributed by atoms with Gasteiger partial charge in [0.2, 0.25) is 0 Å². The summed E-state index contributed by atoms with van der Waals surface area (Å²) in [7, 11) is 5.50. The Hall–Kier alpha value is -2.22. The molecule has 0 atom stereocenters. The van der Waals surface area contributed by atoms with Crippen LogP contribution in [0.3, 0.4) is 0 Å². The van der Waals surface area contributed by atoms with Gasteiger partial charge in [0.15, 0.2) is 5.13 Å². The molecule has 5 nitrogen and oxygen atoms in total. The summed E-state index contributed by atoms with van der Waals surface area (Å²) < 4.78 is 19.4. The number of aromatic nitrogens is 1. The first-order valence-corrected chi connectivity index (χ1v) is 8.96. The summed E-state index contributed by atoms with van der Waals surface area (Å²) in [5.41, 5.74) is 1.22. The Morgan fingerprint density at radius 2 is 1.85 bits per heavy atom. The van der Waals surface area contributed by atoms with Gasteiger partial charge in [0.1, 0.15) is 11.6 Å². The summed E-state index contributed by atoms with van der Waals surface area (Å²) in [6, 6.07) is 11.2. The minimum Gasteiger partial charge on any atom is -0.497 e. The molecule has 0 saturated heterocycles. The van der Waals surface area contributed by atoms with E-state index in [2.05, 4.69) is 4.98 Å². The first-order valence-electron chi connectivity index (χ1n) is 8.14. The molecule has 1 amide bonds. The predicted molar refractivity (Wildman–Crippen MR) is 110 cm³/mol. The Labute approximate surface area is 167 Å². The Morgan fingerprint density at radius 1 is 1.15 bits per heavy atom. The van der Waals surface area contributed by atoms with Gasteiger partial charge in [-0.1, -0.05) is 11.3 Å². The number of amides is 1. The zero-order valence-corrected chi connectivity index (χ0v) is 16.9. The van der Waals surface area contributed by atoms with Crippen molar-refractivity contribution < 1.29 is 13.9 Å². The van der Waals surface area contributed by atoms with Gasteiger partial charge < -0.3 is 9.64 Å². The molecule has 0 aliphatic rings. The van der Waals surface area contributed by atoms with E-state index in [0.717, 1.165) is 16.0 Å². The van der Waals surface area contributed by atoms with E-state index in [1.54, 1.807) is 12.0 Å². The molecule has 0 saturated carbocycles. The van der Waals surface area contributed by atoms with E-state index in [1.807, 2.05) is 37.2 Å². The van der Waals surface area contributed by atoms with Gasteiger partial charge in [-0.3, -0.25) is 9.69 Å². The minimum absolute atomic E-state index is 0. The van der Waals surface area contributed by atoms with Gasteiger partial charge in [0, 0.05) is 24.7 Å². The molecule has 0 unspecified atom stereocenters. The number of carbonyl (C=O) groups excluding carboxylic acids is 1. The van der Waals surface area contributed by atoms with Gasteiger partial charge in [-0.05, 0) is 50.5 Å². The third-order valence-electron chi connectivity index (χ3n) is 3.92. The molecule has 0 fully saturated rings. The second-order valence-corrected chi connectivity index (χ2v) is 7.11. The molecule has 2 aromatic carbocycles. The van der Waals surface area contributed by atoms with Crippen LogP contribution < -0.4 is 9.64 Å². The largest absolute Gasteiger partial charge is 0.497 e. The fourth-order valence-electron chi connectivity index (χ4n) is 2.47. The van der Waals surface area contributed by atoms with Crippen LogP contribution in [-0.2, 0) is 0 Å². The highest BCUT2D eigenvalue weighted by atomic mass is 35.5. The van der Waals surface area contributed by atoms with Crippen LogP contribution in [-0.4, -0.2) is 50.1 Å². The monoisotopic (exact) mass is 409 g/mol. The second-order valence-electron chi connectivity index (χ2n) is 6.10. The van der Waals surface area contributed by atoms with E-state index >= 15 is 0 Å². The summed E-state index contributed by atoms with van der Waals surface area (Å²) in [5.74, 6) is 0.158. The SMILES string of the molecule is COc1ccc2sc(N(CCN(C)C)C(=O)c3ccc(F)cc3)nc2c1.Cl. The highest BCUT2D eigenvalue weighted by molar-refractivity contribution is 7.22. The summed E-state index contributed by atoms with van der Waals surface area (Å²) >= 11 is 1.45. The van der Waals surface area contributed by atoms with Crippen molar-refractivity contribution >= 4 is 45.0 Å². The molecule has 0 radical (unpaired) electrons. The van der Waals surface area contributed by atoms with Crippen molar-refractivity contribution in [2.45, 2.75) is 0 Å². The van der Waals surface area contributed by atoms with Crippen LogP contribution in [0, 0.1) is 5.82 Å². The maximum Gasteiger partial charge on any atom is 0.260 e. The Morgan fingerprint density at radius 3 is 2.48 bits per heavy atom. The van der Waals surface area contributed by atoms with Gasteiger partial charge in [0.25, 0.3) is 5.91 Å². The zero-order valence-electron chi connectivity index (χ0n) is 15.3. The number of rotatable bonds is 6. The van der Waals surface area contributed by atoms with Gasteiger partial charge in [-0.2, -0.15) is 0 Å². The summed E-state index contributed by atoms with van der Waals surface area (Å²) in [6.45, 7) is 1.17. The number of benzene rings is 2. The number of methoxy groups -OCH3 is 1. The van der Waals surface area contributed by atoms with E-state index in [9.17, 15) is 9.18 Å². The maximum atomic E-state index is 13.2. The Bertz CT molecular complexity index is 915. The number of ether oxygens (including phenoxy) is 1. The Kier molecular flexibility index (Phi) is 7.12. The Balaban J connectivity index is 0.00000261. The third kappa shape index (κ3) is 4.94. The molecule has 3 rings (SSSR count). The highest BCUT2D eigenvalue weighted by Gasteiger charge is 2.21. The van der Waals surface area contributed by atoms with E-state index in [4.69, 9.17) is 4.74 Å². The molecule has 0 bridgehead atoms. The molecule has 27 heavy (non-hydrogen) atoms. The number of hydrogen-bond acceptors (Lipinski definition) is 5. The van der Waals surface area contributed by atoms with Gasteiger partial charge in [0.05, 0.1) is 17.3 Å². The van der Waals surface area contributed by atoms with Crippen molar-refractivity contribution in [3.05, 3.63) is 53.8 Å². The minimum atomic E-state index is -0.367. The molecular weight excluding hydrogens is 389 g/mol. The number of likely N-dealkylation sites (N-methyl/N-ethyl adjacent to an activating group) is 1. The molecule has 144 valence electrons.